The van der Waals surface area contributed by atoms with Crippen molar-refractivity contribution < 1.29 is 4.79 Å². The van der Waals surface area contributed by atoms with Crippen LogP contribution in [-0.2, 0) is 6.54 Å². The van der Waals surface area contributed by atoms with Gasteiger partial charge < -0.3 is 11.1 Å². The second-order valence-corrected chi connectivity index (χ2v) is 4.61. The molecule has 106 valence electrons. The van der Waals surface area contributed by atoms with Crippen LogP contribution in [-0.4, -0.2) is 15.7 Å². The second kappa shape index (κ2) is 6.23. The molecule has 2 rings (SSSR count). The van der Waals surface area contributed by atoms with Crippen LogP contribution < -0.4 is 11.1 Å². The molecule has 1 heterocycles. The summed E-state index contributed by atoms with van der Waals surface area (Å²) in [7, 11) is 0. The fourth-order valence-electron chi connectivity index (χ4n) is 2.22. The summed E-state index contributed by atoms with van der Waals surface area (Å²) in [6, 6.07) is 9.89. The molecule has 2 aromatic rings. The third-order valence-corrected chi connectivity index (χ3v) is 3.30. The maximum Gasteiger partial charge on any atom is 0.272 e. The number of carbonyl (C=O) groups is 1. The van der Waals surface area contributed by atoms with Crippen molar-refractivity contribution in [3.63, 3.8) is 0 Å². The SMILES string of the molecule is CCC(NC(=O)c1c(N)cnn1CC)c1ccccc1. The van der Waals surface area contributed by atoms with E-state index in [4.69, 9.17) is 5.73 Å². The van der Waals surface area contributed by atoms with E-state index in [2.05, 4.69) is 10.4 Å². The van der Waals surface area contributed by atoms with Gasteiger partial charge in [-0.05, 0) is 18.9 Å². The molecule has 0 aliphatic rings. The Labute approximate surface area is 118 Å². The van der Waals surface area contributed by atoms with E-state index in [0.29, 0.717) is 17.9 Å². The predicted octanol–water partition coefficient (Wildman–Crippen LogP) is 2.37. The molecule has 0 fully saturated rings. The lowest BCUT2D eigenvalue weighted by molar-refractivity contribution is 0.0925. The first-order valence-electron chi connectivity index (χ1n) is 6.84. The quantitative estimate of drug-likeness (QED) is 0.877. The minimum absolute atomic E-state index is 0.0247. The Balaban J connectivity index is 2.20. The maximum atomic E-state index is 12.4. The molecule has 5 nitrogen and oxygen atoms in total. The van der Waals surface area contributed by atoms with Gasteiger partial charge in [-0.3, -0.25) is 9.48 Å². The lowest BCUT2D eigenvalue weighted by Gasteiger charge is -2.18. The molecule has 0 aliphatic carbocycles. The molecule has 1 unspecified atom stereocenters. The number of hydrogen-bond donors (Lipinski definition) is 2. The van der Waals surface area contributed by atoms with Gasteiger partial charge in [-0.15, -0.1) is 0 Å². The van der Waals surface area contributed by atoms with Crippen LogP contribution in [0.15, 0.2) is 36.5 Å². The van der Waals surface area contributed by atoms with Gasteiger partial charge in [0.15, 0.2) is 0 Å². The number of nitrogens with zero attached hydrogens (tertiary/aromatic N) is 2. The zero-order chi connectivity index (χ0) is 14.5. The Morgan fingerprint density at radius 2 is 2.05 bits per heavy atom. The number of carbonyl (C=O) groups excluding carboxylic acids is 1. The molecule has 0 aliphatic heterocycles. The molecule has 5 heteroatoms. The maximum absolute atomic E-state index is 12.4. The van der Waals surface area contributed by atoms with E-state index in [-0.39, 0.29) is 11.9 Å². The van der Waals surface area contributed by atoms with Crippen molar-refractivity contribution in [2.24, 2.45) is 0 Å². The molecule has 0 radical (unpaired) electrons. The highest BCUT2D eigenvalue weighted by molar-refractivity contribution is 5.97. The Hall–Kier alpha value is -2.30. The molecule has 3 N–H and O–H groups in total. The Bertz CT molecular complexity index is 577. The van der Waals surface area contributed by atoms with E-state index in [0.717, 1.165) is 12.0 Å². The number of rotatable bonds is 5. The summed E-state index contributed by atoms with van der Waals surface area (Å²) < 4.78 is 1.61. The number of nitrogens with one attached hydrogen (secondary N) is 1. The summed E-state index contributed by atoms with van der Waals surface area (Å²) in [4.78, 5) is 12.4. The molecular formula is C15H20N4O. The van der Waals surface area contributed by atoms with Crippen LogP contribution in [0.4, 0.5) is 5.69 Å². The fraction of sp³-hybridized carbons (Fsp3) is 0.333. The standard InChI is InChI=1S/C15H20N4O/c1-3-13(11-8-6-5-7-9-11)18-15(20)14-12(16)10-17-19(14)4-2/h5-10,13H,3-4,16H2,1-2H3,(H,18,20). The Kier molecular flexibility index (Phi) is 4.40. The predicted molar refractivity (Wildman–Crippen MR) is 79.3 cm³/mol. The van der Waals surface area contributed by atoms with Gasteiger partial charge in [0, 0.05) is 6.54 Å². The van der Waals surface area contributed by atoms with Crippen LogP contribution in [0.25, 0.3) is 0 Å². The molecule has 1 aromatic heterocycles. The first-order valence-corrected chi connectivity index (χ1v) is 6.84. The van der Waals surface area contributed by atoms with Crippen molar-refractivity contribution in [2.75, 3.05) is 5.73 Å². The van der Waals surface area contributed by atoms with Crippen molar-refractivity contribution in [3.8, 4) is 0 Å². The Morgan fingerprint density at radius 3 is 2.65 bits per heavy atom. The van der Waals surface area contributed by atoms with E-state index in [1.54, 1.807) is 4.68 Å². The third kappa shape index (κ3) is 2.82. The van der Waals surface area contributed by atoms with Gasteiger partial charge in [0.2, 0.25) is 0 Å². The van der Waals surface area contributed by atoms with Crippen LogP contribution in [0.3, 0.4) is 0 Å². The minimum Gasteiger partial charge on any atom is -0.396 e. The highest BCUT2D eigenvalue weighted by Gasteiger charge is 2.19. The normalized spacial score (nSPS) is 12.1. The van der Waals surface area contributed by atoms with Crippen LogP contribution in [0.2, 0.25) is 0 Å². The summed E-state index contributed by atoms with van der Waals surface area (Å²) in [6.07, 6.45) is 2.33. The van der Waals surface area contributed by atoms with Crippen LogP contribution >= 0.6 is 0 Å². The minimum atomic E-state index is -0.183. The first kappa shape index (κ1) is 14.1. The summed E-state index contributed by atoms with van der Waals surface area (Å²) in [6.45, 7) is 4.58. The van der Waals surface area contributed by atoms with Crippen molar-refractivity contribution in [1.82, 2.24) is 15.1 Å². The lowest BCUT2D eigenvalue weighted by atomic mass is 10.0. The molecule has 1 atom stereocenters. The third-order valence-electron chi connectivity index (χ3n) is 3.30. The zero-order valence-electron chi connectivity index (χ0n) is 11.8. The zero-order valence-corrected chi connectivity index (χ0v) is 11.8. The number of aromatic nitrogens is 2. The van der Waals surface area contributed by atoms with Crippen LogP contribution in [0.1, 0.15) is 42.4 Å². The van der Waals surface area contributed by atoms with E-state index in [1.165, 1.54) is 6.20 Å². The molecule has 1 aromatic carbocycles. The molecule has 20 heavy (non-hydrogen) atoms. The summed E-state index contributed by atoms with van der Waals surface area (Å²) in [5, 5.41) is 7.11. The van der Waals surface area contributed by atoms with Crippen LogP contribution in [0, 0.1) is 0 Å². The molecule has 0 saturated heterocycles. The molecule has 0 bridgehead atoms. The summed E-state index contributed by atoms with van der Waals surface area (Å²) in [5.41, 5.74) is 7.76. The van der Waals surface area contributed by atoms with Crippen molar-refractivity contribution >= 4 is 11.6 Å². The first-order chi connectivity index (χ1) is 9.67. The smallest absolute Gasteiger partial charge is 0.272 e. The van der Waals surface area contributed by atoms with Gasteiger partial charge in [0.05, 0.1) is 17.9 Å². The monoisotopic (exact) mass is 272 g/mol. The molecule has 1 amide bonds. The highest BCUT2D eigenvalue weighted by Crippen LogP contribution is 2.18. The molecule has 0 spiro atoms. The molecule has 0 saturated carbocycles. The second-order valence-electron chi connectivity index (χ2n) is 4.61. The van der Waals surface area contributed by atoms with Gasteiger partial charge >= 0.3 is 0 Å². The number of hydrogen-bond acceptors (Lipinski definition) is 3. The largest absolute Gasteiger partial charge is 0.396 e. The number of anilines is 1. The topological polar surface area (TPSA) is 72.9 Å². The number of nitrogen functional groups attached to an aromatic ring is 1. The van der Waals surface area contributed by atoms with E-state index >= 15 is 0 Å². The number of amides is 1. The van der Waals surface area contributed by atoms with Crippen molar-refractivity contribution in [2.45, 2.75) is 32.9 Å². The van der Waals surface area contributed by atoms with Gasteiger partial charge in [-0.25, -0.2) is 0 Å². The van der Waals surface area contributed by atoms with Gasteiger partial charge in [-0.2, -0.15) is 5.10 Å². The number of aryl methyl sites for hydroxylation is 1. The fourth-order valence-corrected chi connectivity index (χ4v) is 2.22. The Morgan fingerprint density at radius 1 is 1.35 bits per heavy atom. The highest BCUT2D eigenvalue weighted by atomic mass is 16.2. The number of benzene rings is 1. The summed E-state index contributed by atoms with van der Waals surface area (Å²) >= 11 is 0. The van der Waals surface area contributed by atoms with Gasteiger partial charge in [0.1, 0.15) is 5.69 Å². The lowest BCUT2D eigenvalue weighted by Crippen LogP contribution is -2.30. The van der Waals surface area contributed by atoms with E-state index in [1.807, 2.05) is 44.2 Å². The average Bonchev–Trinajstić information content (AvgIpc) is 2.86. The molecular weight excluding hydrogens is 252 g/mol. The van der Waals surface area contributed by atoms with Gasteiger partial charge in [-0.1, -0.05) is 37.3 Å². The van der Waals surface area contributed by atoms with E-state index < -0.39 is 0 Å². The van der Waals surface area contributed by atoms with E-state index in [9.17, 15) is 4.79 Å². The number of nitrogens with two attached hydrogens (primary N) is 1. The van der Waals surface area contributed by atoms with Crippen molar-refractivity contribution in [3.05, 3.63) is 47.8 Å². The van der Waals surface area contributed by atoms with Crippen molar-refractivity contribution in [1.29, 1.82) is 0 Å². The van der Waals surface area contributed by atoms with Crippen LogP contribution in [0.5, 0.6) is 0 Å². The summed E-state index contributed by atoms with van der Waals surface area (Å²) in [5.74, 6) is -0.183. The average molecular weight is 272 g/mol. The van der Waals surface area contributed by atoms with Gasteiger partial charge in [0.25, 0.3) is 5.91 Å².